The number of carbonyl (C=O) groups is 1. The Morgan fingerprint density at radius 3 is 2.41 bits per heavy atom. The molecule has 3 atom stereocenters. The Kier molecular flexibility index (Phi) is 6.29. The molecule has 0 heterocycles. The van der Waals surface area contributed by atoms with Crippen molar-refractivity contribution in [2.75, 3.05) is 6.61 Å². The van der Waals surface area contributed by atoms with E-state index >= 15 is 0 Å². The highest BCUT2D eigenvalue weighted by molar-refractivity contribution is 5.75. The van der Waals surface area contributed by atoms with Gasteiger partial charge in [-0.25, -0.2) is 0 Å². The van der Waals surface area contributed by atoms with Crippen LogP contribution in [-0.2, 0) is 4.79 Å². The minimum Gasteiger partial charge on any atom is -0.494 e. The van der Waals surface area contributed by atoms with Gasteiger partial charge in [-0.05, 0) is 62.3 Å². The van der Waals surface area contributed by atoms with E-state index in [0.29, 0.717) is 18.3 Å². The SMILES string of the molecule is CCC[C@H]1CC[C@@H](C(=O)Oc2ccc(OCC)cc2)[C@H](C)C1. The number of hydrogen-bond acceptors (Lipinski definition) is 3. The minimum atomic E-state index is -0.0772. The van der Waals surface area contributed by atoms with Gasteiger partial charge in [0.2, 0.25) is 0 Å². The van der Waals surface area contributed by atoms with E-state index in [0.717, 1.165) is 30.9 Å². The van der Waals surface area contributed by atoms with Gasteiger partial charge in [0.1, 0.15) is 11.5 Å². The third-order valence-electron chi connectivity index (χ3n) is 4.63. The Hall–Kier alpha value is -1.51. The zero-order valence-electron chi connectivity index (χ0n) is 14.0. The summed E-state index contributed by atoms with van der Waals surface area (Å²) in [5.41, 5.74) is 0. The molecule has 22 heavy (non-hydrogen) atoms. The van der Waals surface area contributed by atoms with Crippen molar-refractivity contribution in [2.45, 2.75) is 52.9 Å². The molecule has 3 heteroatoms. The largest absolute Gasteiger partial charge is 0.494 e. The summed E-state index contributed by atoms with van der Waals surface area (Å²) in [6.07, 6.45) is 5.78. The fourth-order valence-electron chi connectivity index (χ4n) is 3.49. The lowest BCUT2D eigenvalue weighted by Gasteiger charge is -2.32. The summed E-state index contributed by atoms with van der Waals surface area (Å²) in [6, 6.07) is 7.29. The van der Waals surface area contributed by atoms with Crippen LogP contribution in [0.4, 0.5) is 0 Å². The van der Waals surface area contributed by atoms with Gasteiger partial charge in [0.05, 0.1) is 12.5 Å². The standard InChI is InChI=1S/C19H28O3/c1-4-6-15-7-12-18(14(3)13-15)19(20)22-17-10-8-16(9-11-17)21-5-2/h8-11,14-15,18H,4-7,12-13H2,1-3H3/t14-,15+,18-/m1/s1. The van der Waals surface area contributed by atoms with Gasteiger partial charge in [-0.15, -0.1) is 0 Å². The van der Waals surface area contributed by atoms with E-state index in [2.05, 4.69) is 13.8 Å². The predicted octanol–water partition coefficient (Wildman–Crippen LogP) is 4.84. The van der Waals surface area contributed by atoms with E-state index in [1.54, 1.807) is 12.1 Å². The molecule has 1 aromatic carbocycles. The molecule has 0 aromatic heterocycles. The Morgan fingerprint density at radius 1 is 1.14 bits per heavy atom. The first-order valence-electron chi connectivity index (χ1n) is 8.58. The molecule has 1 fully saturated rings. The highest BCUT2D eigenvalue weighted by Gasteiger charge is 2.33. The van der Waals surface area contributed by atoms with Crippen LogP contribution in [-0.4, -0.2) is 12.6 Å². The number of hydrogen-bond donors (Lipinski definition) is 0. The van der Waals surface area contributed by atoms with E-state index in [9.17, 15) is 4.79 Å². The molecule has 1 saturated carbocycles. The maximum absolute atomic E-state index is 12.4. The van der Waals surface area contributed by atoms with Gasteiger partial charge in [0.25, 0.3) is 0 Å². The zero-order chi connectivity index (χ0) is 15.9. The fraction of sp³-hybridized carbons (Fsp3) is 0.632. The Labute approximate surface area is 134 Å². The van der Waals surface area contributed by atoms with Gasteiger partial charge >= 0.3 is 5.97 Å². The summed E-state index contributed by atoms with van der Waals surface area (Å²) in [5.74, 6) is 2.58. The quantitative estimate of drug-likeness (QED) is 0.557. The molecule has 0 radical (unpaired) electrons. The highest BCUT2D eigenvalue weighted by atomic mass is 16.5. The second-order valence-corrected chi connectivity index (χ2v) is 6.38. The van der Waals surface area contributed by atoms with Gasteiger partial charge < -0.3 is 9.47 Å². The van der Waals surface area contributed by atoms with Gasteiger partial charge in [-0.2, -0.15) is 0 Å². The van der Waals surface area contributed by atoms with Crippen molar-refractivity contribution >= 4 is 5.97 Å². The molecule has 0 N–H and O–H groups in total. The Bertz CT molecular complexity index is 466. The van der Waals surface area contributed by atoms with Crippen molar-refractivity contribution in [3.8, 4) is 11.5 Å². The third-order valence-corrected chi connectivity index (χ3v) is 4.63. The molecule has 0 aliphatic heterocycles. The van der Waals surface area contributed by atoms with Crippen LogP contribution in [0.5, 0.6) is 11.5 Å². The number of benzene rings is 1. The second-order valence-electron chi connectivity index (χ2n) is 6.38. The number of carbonyl (C=O) groups excluding carboxylic acids is 1. The first kappa shape index (κ1) is 16.9. The van der Waals surface area contributed by atoms with Crippen molar-refractivity contribution < 1.29 is 14.3 Å². The molecule has 0 amide bonds. The average Bonchev–Trinajstić information content (AvgIpc) is 2.50. The fourth-order valence-corrected chi connectivity index (χ4v) is 3.49. The monoisotopic (exact) mass is 304 g/mol. The van der Waals surface area contributed by atoms with Gasteiger partial charge in [0.15, 0.2) is 0 Å². The van der Waals surface area contributed by atoms with Gasteiger partial charge in [0, 0.05) is 0 Å². The van der Waals surface area contributed by atoms with Crippen molar-refractivity contribution in [3.63, 3.8) is 0 Å². The van der Waals surface area contributed by atoms with Gasteiger partial charge in [-0.1, -0.05) is 26.7 Å². The van der Waals surface area contributed by atoms with Crippen LogP contribution in [0.2, 0.25) is 0 Å². The maximum Gasteiger partial charge on any atom is 0.314 e. The summed E-state index contributed by atoms with van der Waals surface area (Å²) < 4.78 is 11.0. The van der Waals surface area contributed by atoms with Crippen molar-refractivity contribution in [2.24, 2.45) is 17.8 Å². The molecule has 0 unspecified atom stereocenters. The first-order chi connectivity index (χ1) is 10.6. The summed E-state index contributed by atoms with van der Waals surface area (Å²) in [4.78, 5) is 12.4. The van der Waals surface area contributed by atoms with Crippen LogP contribution in [0.1, 0.15) is 52.9 Å². The Balaban J connectivity index is 1.89. The van der Waals surface area contributed by atoms with E-state index < -0.39 is 0 Å². The normalized spacial score (nSPS) is 24.8. The summed E-state index contributed by atoms with van der Waals surface area (Å²) >= 11 is 0. The number of esters is 1. The van der Waals surface area contributed by atoms with E-state index in [1.165, 1.54) is 12.8 Å². The molecule has 0 spiro atoms. The highest BCUT2D eigenvalue weighted by Crippen LogP contribution is 2.36. The van der Waals surface area contributed by atoms with Crippen LogP contribution >= 0.6 is 0 Å². The van der Waals surface area contributed by atoms with E-state index in [4.69, 9.17) is 9.47 Å². The van der Waals surface area contributed by atoms with Crippen LogP contribution in [0.15, 0.2) is 24.3 Å². The molecule has 0 bridgehead atoms. The molecule has 1 aliphatic carbocycles. The lowest BCUT2D eigenvalue weighted by atomic mass is 9.73. The molecular weight excluding hydrogens is 276 g/mol. The van der Waals surface area contributed by atoms with Gasteiger partial charge in [-0.3, -0.25) is 4.79 Å². The molecule has 3 nitrogen and oxygen atoms in total. The van der Waals surface area contributed by atoms with Crippen molar-refractivity contribution in [1.29, 1.82) is 0 Å². The molecule has 1 aliphatic rings. The molecule has 2 rings (SSSR count). The summed E-state index contributed by atoms with van der Waals surface area (Å²) in [5, 5.41) is 0. The number of rotatable bonds is 6. The molecular formula is C19H28O3. The summed E-state index contributed by atoms with van der Waals surface area (Å²) in [6.45, 7) is 7.00. The minimum absolute atomic E-state index is 0.0414. The lowest BCUT2D eigenvalue weighted by molar-refractivity contribution is -0.142. The second kappa shape index (κ2) is 8.21. The lowest BCUT2D eigenvalue weighted by Crippen LogP contribution is -2.32. The Morgan fingerprint density at radius 2 is 1.82 bits per heavy atom. The molecule has 122 valence electrons. The number of ether oxygens (including phenoxy) is 2. The molecule has 0 saturated heterocycles. The summed E-state index contributed by atoms with van der Waals surface area (Å²) in [7, 11) is 0. The van der Waals surface area contributed by atoms with Crippen LogP contribution in [0.3, 0.4) is 0 Å². The predicted molar refractivity (Wildman–Crippen MR) is 88.1 cm³/mol. The van der Waals surface area contributed by atoms with Crippen LogP contribution in [0.25, 0.3) is 0 Å². The molecule has 1 aromatic rings. The van der Waals surface area contributed by atoms with E-state index in [-0.39, 0.29) is 11.9 Å². The zero-order valence-corrected chi connectivity index (χ0v) is 14.0. The first-order valence-corrected chi connectivity index (χ1v) is 8.58. The maximum atomic E-state index is 12.4. The van der Waals surface area contributed by atoms with Crippen molar-refractivity contribution in [1.82, 2.24) is 0 Å². The van der Waals surface area contributed by atoms with Crippen molar-refractivity contribution in [3.05, 3.63) is 24.3 Å². The van der Waals surface area contributed by atoms with E-state index in [1.807, 2.05) is 19.1 Å². The topological polar surface area (TPSA) is 35.5 Å². The van der Waals surface area contributed by atoms with Crippen LogP contribution in [0, 0.1) is 17.8 Å². The average molecular weight is 304 g/mol. The third kappa shape index (κ3) is 4.49. The van der Waals surface area contributed by atoms with Crippen LogP contribution < -0.4 is 9.47 Å². The smallest absolute Gasteiger partial charge is 0.314 e.